The summed E-state index contributed by atoms with van der Waals surface area (Å²) in [6.07, 6.45) is -0.564. The summed E-state index contributed by atoms with van der Waals surface area (Å²) in [4.78, 5) is 50.8. The number of nitrogens with one attached hydrogen (secondary N) is 1. The van der Waals surface area contributed by atoms with Crippen molar-refractivity contribution in [1.82, 2.24) is 10.2 Å². The van der Waals surface area contributed by atoms with E-state index in [9.17, 15) is 19.2 Å². The quantitative estimate of drug-likeness (QED) is 0.536. The van der Waals surface area contributed by atoms with Crippen LogP contribution in [0.25, 0.3) is 11.1 Å². The predicted molar refractivity (Wildman–Crippen MR) is 143 cm³/mol. The molecule has 0 aliphatic carbocycles. The zero-order chi connectivity index (χ0) is 28.3. The Morgan fingerprint density at radius 1 is 1.08 bits per heavy atom. The molecule has 1 atom stereocenters. The van der Waals surface area contributed by atoms with Gasteiger partial charge in [0.15, 0.2) is 0 Å². The number of benzene rings is 2. The van der Waals surface area contributed by atoms with Crippen molar-refractivity contribution in [2.75, 3.05) is 31.1 Å². The van der Waals surface area contributed by atoms with Gasteiger partial charge < -0.3 is 19.7 Å². The average molecular weight is 540 g/mol. The number of rotatable bonds is 8. The number of Topliss-reactive ketones (excluding diaryl/α,β-unsaturated/α-hetero) is 1. The van der Waals surface area contributed by atoms with Gasteiger partial charge in [0.2, 0.25) is 5.91 Å². The highest BCUT2D eigenvalue weighted by molar-refractivity contribution is 5.90. The largest absolute Gasteiger partial charge is 0.444 e. The number of halogens is 1. The summed E-state index contributed by atoms with van der Waals surface area (Å²) >= 11 is 0. The van der Waals surface area contributed by atoms with Crippen molar-refractivity contribution in [3.8, 4) is 11.1 Å². The second kappa shape index (κ2) is 11.4. The molecule has 3 amide bonds. The number of carbonyl (C=O) groups excluding carboxylic acids is 4. The topological polar surface area (TPSA) is 105 Å². The Hall–Kier alpha value is -3.95. The van der Waals surface area contributed by atoms with Gasteiger partial charge in [0.05, 0.1) is 24.7 Å². The molecule has 2 saturated heterocycles. The molecule has 2 aliphatic rings. The lowest BCUT2D eigenvalue weighted by molar-refractivity contribution is -0.127. The second-order valence-corrected chi connectivity index (χ2v) is 11.0. The first kappa shape index (κ1) is 28.1. The van der Waals surface area contributed by atoms with Crippen LogP contribution >= 0.6 is 0 Å². The summed E-state index contributed by atoms with van der Waals surface area (Å²) in [7, 11) is 0. The highest BCUT2D eigenvalue weighted by Gasteiger charge is 2.37. The van der Waals surface area contributed by atoms with Gasteiger partial charge in [0.25, 0.3) is 0 Å². The first-order chi connectivity index (χ1) is 18.4. The van der Waals surface area contributed by atoms with Crippen LogP contribution in [-0.2, 0) is 25.5 Å². The van der Waals surface area contributed by atoms with Crippen LogP contribution in [0.1, 0.15) is 39.7 Å². The molecule has 2 aromatic carbocycles. The van der Waals surface area contributed by atoms with Crippen LogP contribution in [0.5, 0.6) is 0 Å². The molecule has 2 aromatic rings. The number of carbonyl (C=O) groups is 4. The Bertz CT molecular complexity index is 1250. The Morgan fingerprint density at radius 2 is 1.77 bits per heavy atom. The summed E-state index contributed by atoms with van der Waals surface area (Å²) in [5, 5.41) is 2.61. The monoisotopic (exact) mass is 539 g/mol. The number of cyclic esters (lactones) is 1. The first-order valence-electron chi connectivity index (χ1n) is 13.0. The molecule has 0 aromatic heterocycles. The van der Waals surface area contributed by atoms with Crippen LogP contribution in [-0.4, -0.2) is 66.7 Å². The predicted octanol–water partition coefficient (Wildman–Crippen LogP) is 4.32. The zero-order valence-electron chi connectivity index (χ0n) is 22.7. The van der Waals surface area contributed by atoms with Crippen LogP contribution in [0, 0.1) is 11.7 Å². The molecule has 9 nitrogen and oxygen atoms in total. The van der Waals surface area contributed by atoms with Crippen LogP contribution < -0.4 is 10.2 Å². The molecule has 2 aliphatic heterocycles. The Kier molecular flexibility index (Phi) is 8.22. The van der Waals surface area contributed by atoms with Crippen molar-refractivity contribution in [1.29, 1.82) is 0 Å². The lowest BCUT2D eigenvalue weighted by atomic mass is 9.91. The molecule has 0 bridgehead atoms. The van der Waals surface area contributed by atoms with Crippen molar-refractivity contribution in [3.05, 3.63) is 53.8 Å². The molecule has 39 heavy (non-hydrogen) atoms. The van der Waals surface area contributed by atoms with Gasteiger partial charge in [0.1, 0.15) is 23.3 Å². The summed E-state index contributed by atoms with van der Waals surface area (Å²) in [6.45, 7) is 7.97. The fraction of sp³-hybridized carbons (Fsp3) is 0.448. The normalized spacial score (nSPS) is 17.5. The summed E-state index contributed by atoms with van der Waals surface area (Å²) < 4.78 is 25.6. The van der Waals surface area contributed by atoms with E-state index in [0.717, 1.165) is 5.56 Å². The fourth-order valence-corrected chi connectivity index (χ4v) is 4.48. The molecule has 0 unspecified atom stereocenters. The van der Waals surface area contributed by atoms with E-state index < -0.39 is 29.7 Å². The van der Waals surface area contributed by atoms with Crippen molar-refractivity contribution < 1.29 is 33.0 Å². The zero-order valence-corrected chi connectivity index (χ0v) is 22.7. The van der Waals surface area contributed by atoms with Gasteiger partial charge in [-0.15, -0.1) is 0 Å². The van der Waals surface area contributed by atoms with E-state index in [1.54, 1.807) is 49.9 Å². The van der Waals surface area contributed by atoms with Gasteiger partial charge in [-0.2, -0.15) is 0 Å². The number of likely N-dealkylation sites (tertiary alicyclic amines) is 1. The Balaban J connectivity index is 1.28. The molecular formula is C29H34FN3O6. The summed E-state index contributed by atoms with van der Waals surface area (Å²) in [6, 6.07) is 11.9. The van der Waals surface area contributed by atoms with E-state index in [1.165, 1.54) is 17.9 Å². The maximum atomic E-state index is 15.0. The highest BCUT2D eigenvalue weighted by atomic mass is 19.1. The third-order valence-electron chi connectivity index (χ3n) is 6.63. The van der Waals surface area contributed by atoms with E-state index in [4.69, 9.17) is 9.47 Å². The molecule has 10 heteroatoms. The third-order valence-corrected chi connectivity index (χ3v) is 6.63. The van der Waals surface area contributed by atoms with Crippen molar-refractivity contribution in [2.45, 2.75) is 52.2 Å². The smallest absolute Gasteiger partial charge is 0.414 e. The van der Waals surface area contributed by atoms with Crippen LogP contribution in [0.2, 0.25) is 0 Å². The number of anilines is 1. The minimum Gasteiger partial charge on any atom is -0.444 e. The SMILES string of the molecule is CC(=O)NC[C@H]1CN(c2ccc(-c3ccc(CCC(=O)C4CN(C(=O)OC(C)(C)C)C4)cc3)c(F)c2)C(=O)O1. The van der Waals surface area contributed by atoms with Crippen LogP contribution in [0.4, 0.5) is 19.7 Å². The molecule has 0 radical (unpaired) electrons. The fourth-order valence-electron chi connectivity index (χ4n) is 4.48. The summed E-state index contributed by atoms with van der Waals surface area (Å²) in [5.41, 5.74) is 1.83. The van der Waals surface area contributed by atoms with Crippen LogP contribution in [0.3, 0.4) is 0 Å². The van der Waals surface area contributed by atoms with Crippen molar-refractivity contribution in [3.63, 3.8) is 0 Å². The number of nitrogens with zero attached hydrogens (tertiary/aromatic N) is 2. The highest BCUT2D eigenvalue weighted by Crippen LogP contribution is 2.30. The number of ketones is 1. The molecule has 4 rings (SSSR count). The minimum absolute atomic E-state index is 0.111. The molecule has 1 N–H and O–H groups in total. The van der Waals surface area contributed by atoms with E-state index >= 15 is 4.39 Å². The molecule has 2 heterocycles. The van der Waals surface area contributed by atoms with Gasteiger partial charge in [-0.1, -0.05) is 24.3 Å². The molecule has 0 spiro atoms. The van der Waals surface area contributed by atoms with E-state index in [-0.39, 0.29) is 30.7 Å². The number of ether oxygens (including phenoxy) is 2. The Labute approximate surface area is 227 Å². The van der Waals surface area contributed by atoms with Crippen molar-refractivity contribution >= 4 is 29.6 Å². The van der Waals surface area contributed by atoms with Gasteiger partial charge in [-0.25, -0.2) is 14.0 Å². The van der Waals surface area contributed by atoms with Gasteiger partial charge >= 0.3 is 12.2 Å². The number of aryl methyl sites for hydroxylation is 1. The van der Waals surface area contributed by atoms with Crippen LogP contribution in [0.15, 0.2) is 42.5 Å². The van der Waals surface area contributed by atoms with E-state index in [1.807, 2.05) is 12.1 Å². The third kappa shape index (κ3) is 7.13. The first-order valence-corrected chi connectivity index (χ1v) is 13.0. The lowest BCUT2D eigenvalue weighted by Gasteiger charge is -2.38. The number of amides is 3. The molecule has 0 saturated carbocycles. The lowest BCUT2D eigenvalue weighted by Crippen LogP contribution is -2.54. The van der Waals surface area contributed by atoms with Gasteiger partial charge in [0, 0.05) is 32.0 Å². The maximum Gasteiger partial charge on any atom is 0.414 e. The summed E-state index contributed by atoms with van der Waals surface area (Å²) in [5.74, 6) is -0.756. The second-order valence-electron chi connectivity index (χ2n) is 11.0. The number of hydrogen-bond acceptors (Lipinski definition) is 6. The average Bonchev–Trinajstić information content (AvgIpc) is 3.20. The molecule has 2 fully saturated rings. The molecule has 208 valence electrons. The van der Waals surface area contributed by atoms with E-state index in [0.29, 0.717) is 42.7 Å². The maximum absolute atomic E-state index is 15.0. The van der Waals surface area contributed by atoms with Gasteiger partial charge in [-0.05, 0) is 56.5 Å². The minimum atomic E-state index is -0.587. The number of hydrogen-bond donors (Lipinski definition) is 1. The molecular weight excluding hydrogens is 505 g/mol. The van der Waals surface area contributed by atoms with Gasteiger partial charge in [-0.3, -0.25) is 14.5 Å². The Morgan fingerprint density at radius 3 is 2.38 bits per heavy atom. The van der Waals surface area contributed by atoms with Crippen molar-refractivity contribution in [2.24, 2.45) is 5.92 Å². The standard InChI is InChI=1S/C29H34FN3O6/c1-18(34)31-14-23-17-33(28(37)38-23)22-10-11-24(25(30)13-22)20-8-5-19(6-9-20)7-12-26(35)21-15-32(16-21)27(36)39-29(2,3)4/h5-6,8-11,13,21,23H,7,12,14-17H2,1-4H3,(H,31,34)/t23-/m0/s1. The van der Waals surface area contributed by atoms with E-state index in [2.05, 4.69) is 5.32 Å².